The summed E-state index contributed by atoms with van der Waals surface area (Å²) in [5, 5.41) is 22.5. The molecule has 1 heterocycles. The Balaban J connectivity index is 2.56. The zero-order valence-electron chi connectivity index (χ0n) is 10.7. The highest BCUT2D eigenvalue weighted by Crippen LogP contribution is 2.41. The number of benzene rings is 1. The molecule has 0 radical (unpaired) electrons. The Morgan fingerprint density at radius 2 is 2.45 bits per heavy atom. The average Bonchev–Trinajstić information content (AvgIpc) is 2.42. The molecule has 20 heavy (non-hydrogen) atoms. The van der Waals surface area contributed by atoms with Crippen molar-refractivity contribution in [2.75, 3.05) is 13.7 Å². The lowest BCUT2D eigenvalue weighted by Gasteiger charge is -2.28. The van der Waals surface area contributed by atoms with E-state index < -0.39 is 13.1 Å². The molecule has 0 amide bonds. The van der Waals surface area contributed by atoms with Crippen LogP contribution in [0.25, 0.3) is 10.4 Å². The minimum Gasteiger partial charge on any atom is -0.535 e. The van der Waals surface area contributed by atoms with Crippen LogP contribution in [0.2, 0.25) is 6.32 Å². The van der Waals surface area contributed by atoms with Crippen molar-refractivity contribution in [2.45, 2.75) is 12.2 Å². The van der Waals surface area contributed by atoms with Crippen LogP contribution < -0.4 is 9.39 Å². The predicted molar refractivity (Wildman–Crippen MR) is 70.1 cm³/mol. The smallest absolute Gasteiger partial charge is 0.523 e. The third kappa shape index (κ3) is 2.49. The van der Waals surface area contributed by atoms with Gasteiger partial charge in [0.1, 0.15) is 17.1 Å². The van der Waals surface area contributed by atoms with Crippen molar-refractivity contribution < 1.29 is 24.3 Å². The fourth-order valence-corrected chi connectivity index (χ4v) is 2.26. The molecular weight excluding hydrogens is 265 g/mol. The predicted octanol–water partition coefficient (Wildman–Crippen LogP) is 1.66. The molecule has 0 saturated heterocycles. The number of aromatic carboxylic acids is 1. The fourth-order valence-electron chi connectivity index (χ4n) is 2.26. The average molecular weight is 277 g/mol. The number of methoxy groups -OCH3 is 1. The first-order valence-corrected chi connectivity index (χ1v) is 5.88. The number of nitrogens with zero attached hydrogens (tertiary/aromatic N) is 3. The molecule has 0 aromatic heterocycles. The lowest BCUT2D eigenvalue weighted by Crippen LogP contribution is -2.31. The van der Waals surface area contributed by atoms with Gasteiger partial charge in [-0.2, -0.15) is 0 Å². The van der Waals surface area contributed by atoms with Crippen LogP contribution in [0.3, 0.4) is 0 Å². The highest BCUT2D eigenvalue weighted by atomic mass is 16.5. The van der Waals surface area contributed by atoms with Gasteiger partial charge in [-0.3, -0.25) is 0 Å². The summed E-state index contributed by atoms with van der Waals surface area (Å²) in [7, 11) is 0.205. The molecule has 1 aliphatic heterocycles. The highest BCUT2D eigenvalue weighted by molar-refractivity contribution is 6.44. The fraction of sp³-hybridized carbons (Fsp3) is 0.364. The molecule has 104 valence electrons. The molecule has 0 fully saturated rings. The van der Waals surface area contributed by atoms with E-state index >= 15 is 0 Å². The summed E-state index contributed by atoms with van der Waals surface area (Å²) in [5.74, 6) is -1.30. The molecule has 0 aliphatic carbocycles. The van der Waals surface area contributed by atoms with Gasteiger partial charge < -0.3 is 19.5 Å². The van der Waals surface area contributed by atoms with Gasteiger partial charge in [-0.15, -0.1) is 0 Å². The molecule has 1 aromatic carbocycles. The summed E-state index contributed by atoms with van der Waals surface area (Å²) >= 11 is 0. The van der Waals surface area contributed by atoms with Crippen molar-refractivity contribution in [3.05, 3.63) is 33.7 Å². The van der Waals surface area contributed by atoms with Crippen LogP contribution in [-0.4, -0.2) is 36.9 Å². The van der Waals surface area contributed by atoms with Crippen LogP contribution >= 0.6 is 0 Å². The minimum absolute atomic E-state index is 0.0636. The van der Waals surface area contributed by atoms with Crippen molar-refractivity contribution in [2.24, 2.45) is 5.11 Å². The molecule has 0 bridgehead atoms. The van der Waals surface area contributed by atoms with Crippen molar-refractivity contribution in [1.29, 1.82) is 0 Å². The van der Waals surface area contributed by atoms with Crippen molar-refractivity contribution in [3.8, 4) is 11.5 Å². The summed E-state index contributed by atoms with van der Waals surface area (Å²) in [6.07, 6.45) is 0.234. The summed E-state index contributed by atoms with van der Waals surface area (Å²) in [6.45, 7) is 0.120. The number of carboxylic acid groups (broad SMARTS) is 1. The first kappa shape index (κ1) is 14.0. The molecule has 9 heteroatoms. The molecule has 0 spiro atoms. The van der Waals surface area contributed by atoms with E-state index in [1.807, 2.05) is 0 Å². The second kappa shape index (κ2) is 5.73. The normalized spacial score (nSPS) is 16.7. The topological polar surface area (TPSA) is 125 Å². The van der Waals surface area contributed by atoms with Crippen LogP contribution in [0, 0.1) is 0 Å². The van der Waals surface area contributed by atoms with Gasteiger partial charge in [0.15, 0.2) is 0 Å². The van der Waals surface area contributed by atoms with Crippen molar-refractivity contribution >= 4 is 13.1 Å². The van der Waals surface area contributed by atoms with Crippen LogP contribution in [0.4, 0.5) is 0 Å². The summed E-state index contributed by atoms with van der Waals surface area (Å²) in [5.41, 5.74) is 8.83. The Morgan fingerprint density at radius 1 is 1.70 bits per heavy atom. The lowest BCUT2D eigenvalue weighted by molar-refractivity contribution is 0.0690. The maximum Gasteiger partial charge on any atom is 0.523 e. The second-order valence-corrected chi connectivity index (χ2v) is 4.28. The summed E-state index contributed by atoms with van der Waals surface area (Å²) in [4.78, 5) is 14.0. The SMILES string of the molecule is COc1ccc2c(c1C(=O)O)OB(O)CC2CN=[N+]=[N-]. The Morgan fingerprint density at radius 3 is 3.05 bits per heavy atom. The molecule has 1 aromatic rings. The third-order valence-corrected chi connectivity index (χ3v) is 3.13. The largest absolute Gasteiger partial charge is 0.535 e. The van der Waals surface area contributed by atoms with E-state index in [0.29, 0.717) is 5.56 Å². The molecule has 2 rings (SSSR count). The Labute approximate surface area is 114 Å². The zero-order valence-corrected chi connectivity index (χ0v) is 10.7. The Bertz CT molecular complexity index is 588. The zero-order chi connectivity index (χ0) is 14.7. The first-order valence-electron chi connectivity index (χ1n) is 5.88. The number of rotatable bonds is 4. The summed E-state index contributed by atoms with van der Waals surface area (Å²) in [6, 6.07) is 3.18. The number of hydrogen-bond donors (Lipinski definition) is 2. The second-order valence-electron chi connectivity index (χ2n) is 4.28. The van der Waals surface area contributed by atoms with Gasteiger partial charge in [-0.25, -0.2) is 4.79 Å². The number of ether oxygens (including phenoxy) is 1. The molecular formula is C11H12BN3O5. The number of hydrogen-bond acceptors (Lipinski definition) is 5. The highest BCUT2D eigenvalue weighted by Gasteiger charge is 2.35. The lowest BCUT2D eigenvalue weighted by atomic mass is 9.71. The maximum absolute atomic E-state index is 11.4. The van der Waals surface area contributed by atoms with Gasteiger partial charge in [0.2, 0.25) is 0 Å². The van der Waals surface area contributed by atoms with Crippen LogP contribution in [0.1, 0.15) is 21.8 Å². The monoisotopic (exact) mass is 277 g/mol. The molecule has 1 aliphatic rings. The quantitative estimate of drug-likeness (QED) is 0.374. The number of carboxylic acids is 1. The Kier molecular flexibility index (Phi) is 4.02. The number of carbonyl (C=O) groups is 1. The van der Waals surface area contributed by atoms with Gasteiger partial charge in [0, 0.05) is 17.8 Å². The maximum atomic E-state index is 11.4. The molecule has 1 atom stereocenters. The van der Waals surface area contributed by atoms with E-state index in [2.05, 4.69) is 10.0 Å². The van der Waals surface area contributed by atoms with E-state index in [1.165, 1.54) is 13.2 Å². The molecule has 0 saturated carbocycles. The minimum atomic E-state index is -1.21. The Hall–Kier alpha value is -2.38. The van der Waals surface area contributed by atoms with Gasteiger partial charge in [0.25, 0.3) is 0 Å². The van der Waals surface area contributed by atoms with Crippen LogP contribution in [0.5, 0.6) is 11.5 Å². The first-order chi connectivity index (χ1) is 9.58. The van der Waals surface area contributed by atoms with E-state index in [0.717, 1.165) is 0 Å². The molecule has 8 nitrogen and oxygen atoms in total. The molecule has 2 N–H and O–H groups in total. The van der Waals surface area contributed by atoms with E-state index in [9.17, 15) is 14.9 Å². The van der Waals surface area contributed by atoms with E-state index in [4.69, 9.17) is 14.9 Å². The standard InChI is InChI=1S/C11H12BN3O5/c1-19-8-3-2-7-6(5-14-15-13)4-12(18)20-10(7)9(8)11(16)17/h2-3,6,18H,4-5H2,1H3,(H,16,17). The van der Waals surface area contributed by atoms with Gasteiger partial charge >= 0.3 is 13.1 Å². The summed E-state index contributed by atoms with van der Waals surface area (Å²) < 4.78 is 10.2. The van der Waals surface area contributed by atoms with E-state index in [1.54, 1.807) is 6.07 Å². The van der Waals surface area contributed by atoms with Gasteiger partial charge in [-0.1, -0.05) is 11.2 Å². The van der Waals surface area contributed by atoms with E-state index in [-0.39, 0.29) is 35.8 Å². The molecule has 1 unspecified atom stereocenters. The van der Waals surface area contributed by atoms with Crippen LogP contribution in [0.15, 0.2) is 17.2 Å². The van der Waals surface area contributed by atoms with Crippen LogP contribution in [-0.2, 0) is 0 Å². The number of azide groups is 1. The van der Waals surface area contributed by atoms with Gasteiger partial charge in [-0.05, 0) is 23.1 Å². The third-order valence-electron chi connectivity index (χ3n) is 3.13. The van der Waals surface area contributed by atoms with Crippen molar-refractivity contribution in [1.82, 2.24) is 0 Å². The van der Waals surface area contributed by atoms with Gasteiger partial charge in [0.05, 0.1) is 7.11 Å². The number of fused-ring (bicyclic) bond motifs is 1. The van der Waals surface area contributed by atoms with Crippen molar-refractivity contribution in [3.63, 3.8) is 0 Å².